The summed E-state index contributed by atoms with van der Waals surface area (Å²) in [6, 6.07) is 11.7. The first-order valence-corrected chi connectivity index (χ1v) is 14.3. The Bertz CT molecular complexity index is 1200. The van der Waals surface area contributed by atoms with Crippen LogP contribution in [0.2, 0.25) is 0 Å². The van der Waals surface area contributed by atoms with Crippen molar-refractivity contribution in [3.8, 4) is 0 Å². The minimum Gasteiger partial charge on any atom is -0.342 e. The Morgan fingerprint density at radius 3 is 2.62 bits per heavy atom. The van der Waals surface area contributed by atoms with Crippen LogP contribution in [0.5, 0.6) is 0 Å². The first-order chi connectivity index (χ1) is 18.8. The molecule has 2 heterocycles. The number of aromatic nitrogens is 1. The second-order valence-corrected chi connectivity index (χ2v) is 11.2. The van der Waals surface area contributed by atoms with E-state index in [4.69, 9.17) is 4.99 Å². The molecule has 0 bridgehead atoms. The molecular weight excluding hydrogens is 490 g/mol. The standard InChI is InChI=1S/C31H41N5O3/c1-4-5-14-25-24-13-10-11-22(20-23-12-6-9-19-32-23)27(24)34-29(38)28(33-25)35-30(39)31(17-7-8-18-31)36-26(37)16-15-21(2)3/h6,9-13,19,21,28H,4-5,7-8,14-18,20H2,1-3H3,(H,34,38)(H,35,39)(H,36,37). The van der Waals surface area contributed by atoms with Crippen molar-refractivity contribution in [3.05, 3.63) is 59.4 Å². The smallest absolute Gasteiger partial charge is 0.269 e. The van der Waals surface area contributed by atoms with Gasteiger partial charge in [-0.3, -0.25) is 24.4 Å². The summed E-state index contributed by atoms with van der Waals surface area (Å²) in [6.07, 6.45) is 7.78. The first kappa shape index (κ1) is 28.5. The van der Waals surface area contributed by atoms with Crippen LogP contribution in [0.4, 0.5) is 5.69 Å². The van der Waals surface area contributed by atoms with Gasteiger partial charge in [0.15, 0.2) is 0 Å². The zero-order valence-electron chi connectivity index (χ0n) is 23.4. The lowest BCUT2D eigenvalue weighted by Gasteiger charge is -2.30. The topological polar surface area (TPSA) is 113 Å². The predicted molar refractivity (Wildman–Crippen MR) is 154 cm³/mol. The highest BCUT2D eigenvalue weighted by Gasteiger charge is 2.44. The maximum absolute atomic E-state index is 13.7. The van der Waals surface area contributed by atoms with Gasteiger partial charge in [-0.05, 0) is 55.7 Å². The van der Waals surface area contributed by atoms with Gasteiger partial charge < -0.3 is 16.0 Å². The Hall–Kier alpha value is -3.55. The molecule has 208 valence electrons. The van der Waals surface area contributed by atoms with E-state index in [0.29, 0.717) is 38.0 Å². The van der Waals surface area contributed by atoms with Crippen LogP contribution >= 0.6 is 0 Å². The van der Waals surface area contributed by atoms with E-state index in [-0.39, 0.29) is 17.7 Å². The average Bonchev–Trinajstić information content (AvgIpc) is 3.35. The number of anilines is 1. The summed E-state index contributed by atoms with van der Waals surface area (Å²) in [4.78, 5) is 49.2. The molecule has 1 saturated carbocycles. The van der Waals surface area contributed by atoms with Crippen LogP contribution in [-0.2, 0) is 20.8 Å². The summed E-state index contributed by atoms with van der Waals surface area (Å²) < 4.78 is 0. The van der Waals surface area contributed by atoms with E-state index in [1.807, 2.05) is 36.4 Å². The highest BCUT2D eigenvalue weighted by molar-refractivity contribution is 6.13. The summed E-state index contributed by atoms with van der Waals surface area (Å²) in [6.45, 7) is 6.26. The lowest BCUT2D eigenvalue weighted by Crippen LogP contribution is -2.60. The SMILES string of the molecule is CCCCC1=NC(NC(=O)C2(NC(=O)CCC(C)C)CCCC2)C(=O)Nc2c(Cc3ccccn3)cccc21. The van der Waals surface area contributed by atoms with Gasteiger partial charge in [-0.2, -0.15) is 0 Å². The minimum absolute atomic E-state index is 0.121. The molecule has 0 saturated heterocycles. The number of nitrogens with zero attached hydrogens (tertiary/aromatic N) is 2. The van der Waals surface area contributed by atoms with Crippen LogP contribution in [0.15, 0.2) is 47.6 Å². The van der Waals surface area contributed by atoms with E-state index in [1.165, 1.54) is 0 Å². The second-order valence-electron chi connectivity index (χ2n) is 11.2. The van der Waals surface area contributed by atoms with Crippen molar-refractivity contribution in [2.45, 2.75) is 96.7 Å². The number of unbranched alkanes of at least 4 members (excludes halogenated alkanes) is 1. The van der Waals surface area contributed by atoms with Crippen LogP contribution in [0.25, 0.3) is 0 Å². The maximum atomic E-state index is 13.7. The van der Waals surface area contributed by atoms with E-state index in [2.05, 4.69) is 41.7 Å². The molecule has 2 aliphatic rings. The molecule has 4 rings (SSSR count). The molecule has 1 atom stereocenters. The van der Waals surface area contributed by atoms with E-state index < -0.39 is 11.7 Å². The van der Waals surface area contributed by atoms with Crippen molar-refractivity contribution in [2.75, 3.05) is 5.32 Å². The third-order valence-corrected chi connectivity index (χ3v) is 7.60. The third kappa shape index (κ3) is 7.11. The largest absolute Gasteiger partial charge is 0.342 e. The second kappa shape index (κ2) is 13.0. The zero-order chi connectivity index (χ0) is 27.8. The summed E-state index contributed by atoms with van der Waals surface area (Å²) in [5, 5.41) is 9.00. The van der Waals surface area contributed by atoms with Crippen LogP contribution in [0, 0.1) is 5.92 Å². The fourth-order valence-corrected chi connectivity index (χ4v) is 5.35. The molecule has 8 heteroatoms. The van der Waals surface area contributed by atoms with Gasteiger partial charge in [-0.25, -0.2) is 0 Å². The number of aliphatic imine (C=N–C) groups is 1. The van der Waals surface area contributed by atoms with Crippen LogP contribution in [0.1, 0.15) is 95.4 Å². The number of rotatable bonds is 11. The monoisotopic (exact) mass is 531 g/mol. The minimum atomic E-state index is -1.08. The third-order valence-electron chi connectivity index (χ3n) is 7.60. The molecule has 3 N–H and O–H groups in total. The van der Waals surface area contributed by atoms with E-state index in [1.54, 1.807) is 6.20 Å². The van der Waals surface area contributed by atoms with Crippen molar-refractivity contribution >= 4 is 29.1 Å². The van der Waals surface area contributed by atoms with E-state index in [0.717, 1.165) is 60.3 Å². The predicted octanol–water partition coefficient (Wildman–Crippen LogP) is 4.91. The number of para-hydroxylation sites is 1. The zero-order valence-corrected chi connectivity index (χ0v) is 23.4. The highest BCUT2D eigenvalue weighted by atomic mass is 16.2. The number of benzene rings is 1. The quantitative estimate of drug-likeness (QED) is 0.382. The highest BCUT2D eigenvalue weighted by Crippen LogP contribution is 2.32. The number of fused-ring (bicyclic) bond motifs is 1. The van der Waals surface area contributed by atoms with Gasteiger partial charge in [0.1, 0.15) is 5.54 Å². The Labute approximate surface area is 231 Å². The summed E-state index contributed by atoms with van der Waals surface area (Å²) in [7, 11) is 0. The van der Waals surface area contributed by atoms with E-state index >= 15 is 0 Å². The molecule has 39 heavy (non-hydrogen) atoms. The Kier molecular flexibility index (Phi) is 9.49. The number of nitrogens with one attached hydrogen (secondary N) is 3. The molecule has 3 amide bonds. The molecule has 1 aliphatic heterocycles. The number of amides is 3. The molecular formula is C31H41N5O3. The average molecular weight is 532 g/mol. The van der Waals surface area contributed by atoms with Gasteiger partial charge in [0.25, 0.3) is 5.91 Å². The number of benzodiazepines with no additional fused rings is 1. The molecule has 1 aromatic heterocycles. The van der Waals surface area contributed by atoms with E-state index in [9.17, 15) is 14.4 Å². The molecule has 1 aliphatic carbocycles. The lowest BCUT2D eigenvalue weighted by molar-refractivity contribution is -0.135. The Balaban J connectivity index is 1.59. The molecule has 0 spiro atoms. The maximum Gasteiger partial charge on any atom is 0.269 e. The van der Waals surface area contributed by atoms with Crippen molar-refractivity contribution < 1.29 is 14.4 Å². The van der Waals surface area contributed by atoms with Crippen molar-refractivity contribution in [1.82, 2.24) is 15.6 Å². The van der Waals surface area contributed by atoms with Crippen molar-refractivity contribution in [1.29, 1.82) is 0 Å². The van der Waals surface area contributed by atoms with Gasteiger partial charge in [0, 0.05) is 36.0 Å². The molecule has 2 aromatic rings. The van der Waals surface area contributed by atoms with Gasteiger partial charge in [0.2, 0.25) is 18.0 Å². The molecule has 8 nitrogen and oxygen atoms in total. The molecule has 1 aromatic carbocycles. The number of hydrogen-bond acceptors (Lipinski definition) is 5. The number of hydrogen-bond donors (Lipinski definition) is 3. The summed E-state index contributed by atoms with van der Waals surface area (Å²) in [5.41, 5.74) is 3.23. The fraction of sp³-hybridized carbons (Fsp3) is 0.516. The first-order valence-electron chi connectivity index (χ1n) is 14.3. The fourth-order valence-electron chi connectivity index (χ4n) is 5.35. The van der Waals surface area contributed by atoms with Crippen LogP contribution in [-0.4, -0.2) is 40.1 Å². The Morgan fingerprint density at radius 2 is 1.92 bits per heavy atom. The number of carbonyl (C=O) groups excluding carboxylic acids is 3. The van der Waals surface area contributed by atoms with Gasteiger partial charge in [-0.15, -0.1) is 0 Å². The normalized spacial score (nSPS) is 18.1. The number of carbonyl (C=O) groups is 3. The van der Waals surface area contributed by atoms with Crippen molar-refractivity contribution in [3.63, 3.8) is 0 Å². The molecule has 1 unspecified atom stereocenters. The summed E-state index contributed by atoms with van der Waals surface area (Å²) >= 11 is 0. The molecule has 1 fully saturated rings. The molecule has 0 radical (unpaired) electrons. The van der Waals surface area contributed by atoms with Gasteiger partial charge in [-0.1, -0.05) is 64.3 Å². The van der Waals surface area contributed by atoms with Crippen LogP contribution < -0.4 is 16.0 Å². The van der Waals surface area contributed by atoms with Crippen LogP contribution in [0.3, 0.4) is 0 Å². The van der Waals surface area contributed by atoms with Gasteiger partial charge in [0.05, 0.1) is 5.69 Å². The Morgan fingerprint density at radius 1 is 1.13 bits per heavy atom. The summed E-state index contributed by atoms with van der Waals surface area (Å²) in [5.74, 6) is -0.441. The van der Waals surface area contributed by atoms with Gasteiger partial charge >= 0.3 is 0 Å². The lowest BCUT2D eigenvalue weighted by atomic mass is 9.95. The van der Waals surface area contributed by atoms with Crippen molar-refractivity contribution in [2.24, 2.45) is 10.9 Å². The number of pyridine rings is 1.